The fourth-order valence-electron chi connectivity index (χ4n) is 2.11. The highest BCUT2D eigenvalue weighted by Crippen LogP contribution is 2.48. The summed E-state index contributed by atoms with van der Waals surface area (Å²) in [6, 6.07) is 5.42. The van der Waals surface area contributed by atoms with Gasteiger partial charge in [-0.05, 0) is 49.3 Å². The predicted octanol–water partition coefficient (Wildman–Crippen LogP) is 3.30. The number of rotatable bonds is 5. The molecule has 0 heterocycles. The quantitative estimate of drug-likeness (QED) is 0.820. The maximum absolute atomic E-state index is 11.1. The van der Waals surface area contributed by atoms with E-state index in [4.69, 9.17) is 5.11 Å². The standard InChI is InChI=1S/C14H19NO2/c1-3-14(6-7-14)9-15-12-8-10(2)4-5-11(12)13(16)17/h4-5,8,15H,3,6-7,9H2,1-2H3,(H,16,17). The van der Waals surface area contributed by atoms with Crippen LogP contribution in [0.4, 0.5) is 5.69 Å². The summed E-state index contributed by atoms with van der Waals surface area (Å²) < 4.78 is 0. The van der Waals surface area contributed by atoms with Gasteiger partial charge in [0.25, 0.3) is 0 Å². The van der Waals surface area contributed by atoms with Crippen molar-refractivity contribution in [1.29, 1.82) is 0 Å². The number of carboxylic acids is 1. The Kier molecular flexibility index (Phi) is 3.09. The van der Waals surface area contributed by atoms with Gasteiger partial charge in [-0.1, -0.05) is 13.0 Å². The van der Waals surface area contributed by atoms with E-state index in [1.54, 1.807) is 6.07 Å². The van der Waals surface area contributed by atoms with E-state index in [0.717, 1.165) is 24.2 Å². The Bertz CT molecular complexity index is 436. The molecule has 17 heavy (non-hydrogen) atoms. The van der Waals surface area contributed by atoms with Gasteiger partial charge < -0.3 is 10.4 Å². The number of hydrogen-bond donors (Lipinski definition) is 2. The minimum Gasteiger partial charge on any atom is -0.478 e. The number of nitrogens with one attached hydrogen (secondary N) is 1. The van der Waals surface area contributed by atoms with E-state index in [2.05, 4.69) is 12.2 Å². The molecule has 1 aliphatic carbocycles. The van der Waals surface area contributed by atoms with Crippen molar-refractivity contribution < 1.29 is 9.90 Å². The number of benzene rings is 1. The zero-order valence-electron chi connectivity index (χ0n) is 10.4. The van der Waals surface area contributed by atoms with E-state index in [1.165, 1.54) is 12.8 Å². The third-order valence-electron chi connectivity index (χ3n) is 3.77. The lowest BCUT2D eigenvalue weighted by Crippen LogP contribution is -2.16. The first-order valence-electron chi connectivity index (χ1n) is 6.14. The van der Waals surface area contributed by atoms with Crippen LogP contribution in [0.5, 0.6) is 0 Å². The second-order valence-corrected chi connectivity index (χ2v) is 5.06. The molecule has 1 fully saturated rings. The molecule has 1 aliphatic rings. The minimum absolute atomic E-state index is 0.363. The van der Waals surface area contributed by atoms with Gasteiger partial charge in [-0.2, -0.15) is 0 Å². The molecule has 1 aromatic rings. The molecule has 2 rings (SSSR count). The van der Waals surface area contributed by atoms with E-state index in [0.29, 0.717) is 11.0 Å². The third-order valence-corrected chi connectivity index (χ3v) is 3.77. The van der Waals surface area contributed by atoms with Crippen molar-refractivity contribution in [2.24, 2.45) is 5.41 Å². The zero-order chi connectivity index (χ0) is 12.5. The van der Waals surface area contributed by atoms with Gasteiger partial charge in [0.1, 0.15) is 0 Å². The third kappa shape index (κ3) is 2.60. The Labute approximate surface area is 102 Å². The van der Waals surface area contributed by atoms with Crippen LogP contribution >= 0.6 is 0 Å². The average Bonchev–Trinajstić information content (AvgIpc) is 3.07. The van der Waals surface area contributed by atoms with Gasteiger partial charge in [-0.25, -0.2) is 4.79 Å². The number of aryl methyl sites for hydroxylation is 1. The van der Waals surface area contributed by atoms with Crippen LogP contribution in [-0.4, -0.2) is 17.6 Å². The maximum Gasteiger partial charge on any atom is 0.337 e. The van der Waals surface area contributed by atoms with Crippen LogP contribution in [0.2, 0.25) is 0 Å². The van der Waals surface area contributed by atoms with E-state index in [9.17, 15) is 4.79 Å². The molecular formula is C14H19NO2. The molecule has 3 nitrogen and oxygen atoms in total. The number of carboxylic acid groups (broad SMARTS) is 1. The Morgan fingerprint density at radius 3 is 2.71 bits per heavy atom. The molecule has 0 bridgehead atoms. The van der Waals surface area contributed by atoms with Crippen LogP contribution in [0.3, 0.4) is 0 Å². The van der Waals surface area contributed by atoms with Gasteiger partial charge in [0.2, 0.25) is 0 Å². The highest BCUT2D eigenvalue weighted by Gasteiger charge is 2.40. The largest absolute Gasteiger partial charge is 0.478 e. The van der Waals surface area contributed by atoms with Gasteiger partial charge in [-0.3, -0.25) is 0 Å². The van der Waals surface area contributed by atoms with Crippen molar-refractivity contribution in [2.45, 2.75) is 33.1 Å². The summed E-state index contributed by atoms with van der Waals surface area (Å²) in [4.78, 5) is 11.1. The van der Waals surface area contributed by atoms with Gasteiger partial charge in [-0.15, -0.1) is 0 Å². The monoisotopic (exact) mass is 233 g/mol. The summed E-state index contributed by atoms with van der Waals surface area (Å²) in [5, 5.41) is 12.4. The molecule has 92 valence electrons. The SMILES string of the molecule is CCC1(CNc2cc(C)ccc2C(=O)O)CC1. The predicted molar refractivity (Wildman–Crippen MR) is 68.6 cm³/mol. The van der Waals surface area contributed by atoms with Crippen molar-refractivity contribution >= 4 is 11.7 Å². The molecule has 0 unspecified atom stereocenters. The van der Waals surface area contributed by atoms with Crippen LogP contribution in [0, 0.1) is 12.3 Å². The van der Waals surface area contributed by atoms with Crippen LogP contribution in [0.15, 0.2) is 18.2 Å². The Morgan fingerprint density at radius 2 is 2.18 bits per heavy atom. The highest BCUT2D eigenvalue weighted by molar-refractivity contribution is 5.94. The zero-order valence-corrected chi connectivity index (χ0v) is 10.4. The van der Waals surface area contributed by atoms with E-state index < -0.39 is 5.97 Å². The average molecular weight is 233 g/mol. The molecule has 0 aliphatic heterocycles. The molecule has 0 amide bonds. The second-order valence-electron chi connectivity index (χ2n) is 5.06. The van der Waals surface area contributed by atoms with Gasteiger partial charge in [0, 0.05) is 12.2 Å². The van der Waals surface area contributed by atoms with Crippen molar-refractivity contribution in [2.75, 3.05) is 11.9 Å². The number of anilines is 1. The van der Waals surface area contributed by atoms with E-state index >= 15 is 0 Å². The summed E-state index contributed by atoms with van der Waals surface area (Å²) in [7, 11) is 0. The van der Waals surface area contributed by atoms with Crippen LogP contribution in [0.25, 0.3) is 0 Å². The topological polar surface area (TPSA) is 49.3 Å². The van der Waals surface area contributed by atoms with Crippen molar-refractivity contribution in [3.63, 3.8) is 0 Å². The molecule has 3 heteroatoms. The number of hydrogen-bond acceptors (Lipinski definition) is 2. The first-order chi connectivity index (χ1) is 8.06. The lowest BCUT2D eigenvalue weighted by molar-refractivity contribution is 0.0698. The van der Waals surface area contributed by atoms with Gasteiger partial charge in [0.05, 0.1) is 5.56 Å². The Balaban J connectivity index is 2.13. The van der Waals surface area contributed by atoms with Gasteiger partial charge in [0.15, 0.2) is 0 Å². The van der Waals surface area contributed by atoms with Crippen LogP contribution in [-0.2, 0) is 0 Å². The summed E-state index contributed by atoms with van der Waals surface area (Å²) in [6.45, 7) is 5.06. The number of aromatic carboxylic acids is 1. The van der Waals surface area contributed by atoms with Gasteiger partial charge >= 0.3 is 5.97 Å². The van der Waals surface area contributed by atoms with Crippen LogP contribution < -0.4 is 5.32 Å². The normalized spacial score (nSPS) is 16.6. The van der Waals surface area contributed by atoms with Crippen molar-refractivity contribution in [3.8, 4) is 0 Å². The second kappa shape index (κ2) is 4.40. The summed E-state index contributed by atoms with van der Waals surface area (Å²) in [5.41, 5.74) is 2.61. The summed E-state index contributed by atoms with van der Waals surface area (Å²) in [6.07, 6.45) is 3.67. The smallest absolute Gasteiger partial charge is 0.337 e. The summed E-state index contributed by atoms with van der Waals surface area (Å²) in [5.74, 6) is -0.867. The fraction of sp³-hybridized carbons (Fsp3) is 0.500. The van der Waals surface area contributed by atoms with E-state index in [-0.39, 0.29) is 0 Å². The number of carbonyl (C=O) groups is 1. The first kappa shape index (κ1) is 12.0. The summed E-state index contributed by atoms with van der Waals surface area (Å²) >= 11 is 0. The molecule has 1 saturated carbocycles. The van der Waals surface area contributed by atoms with E-state index in [1.807, 2.05) is 19.1 Å². The molecule has 0 spiro atoms. The first-order valence-corrected chi connectivity index (χ1v) is 6.14. The fourth-order valence-corrected chi connectivity index (χ4v) is 2.11. The van der Waals surface area contributed by atoms with Crippen molar-refractivity contribution in [1.82, 2.24) is 0 Å². The molecule has 2 N–H and O–H groups in total. The molecule has 0 aromatic heterocycles. The molecule has 0 saturated heterocycles. The lowest BCUT2D eigenvalue weighted by atomic mass is 10.0. The van der Waals surface area contributed by atoms with Crippen molar-refractivity contribution in [3.05, 3.63) is 29.3 Å². The maximum atomic E-state index is 11.1. The lowest BCUT2D eigenvalue weighted by Gasteiger charge is -2.16. The van der Waals surface area contributed by atoms with Crippen LogP contribution in [0.1, 0.15) is 42.1 Å². The molecular weight excluding hydrogens is 214 g/mol. The minimum atomic E-state index is -0.867. The Morgan fingerprint density at radius 1 is 1.47 bits per heavy atom. The highest BCUT2D eigenvalue weighted by atomic mass is 16.4. The molecule has 0 radical (unpaired) electrons. The molecule has 0 atom stereocenters. The Hall–Kier alpha value is -1.51. The molecule has 1 aromatic carbocycles.